The Labute approximate surface area is 128 Å². The molecular weight excluding hydrogens is 284 g/mol. The number of nitrogens with one attached hydrogen (secondary N) is 1. The number of aromatic nitrogens is 2. The SMILES string of the molecule is CSCC[C@@H](N)C(=O)Nc1cnc(-c2ccccc2)nc1. The first-order valence-electron chi connectivity index (χ1n) is 6.63. The second-order valence-electron chi connectivity index (χ2n) is 4.54. The molecule has 1 heterocycles. The number of thioether (sulfide) groups is 1. The van der Waals surface area contributed by atoms with Gasteiger partial charge < -0.3 is 11.1 Å². The molecule has 1 amide bonds. The van der Waals surface area contributed by atoms with Gasteiger partial charge in [0.05, 0.1) is 24.1 Å². The Kier molecular flexibility index (Phi) is 5.71. The Morgan fingerprint density at radius 3 is 2.57 bits per heavy atom. The van der Waals surface area contributed by atoms with Crippen LogP contribution in [0.2, 0.25) is 0 Å². The number of anilines is 1. The van der Waals surface area contributed by atoms with Crippen LogP contribution in [0.3, 0.4) is 0 Å². The lowest BCUT2D eigenvalue weighted by atomic mass is 10.2. The second-order valence-corrected chi connectivity index (χ2v) is 5.52. The predicted octanol–water partition coefficient (Wildman–Crippen LogP) is 2.16. The van der Waals surface area contributed by atoms with Crippen LogP contribution in [-0.2, 0) is 4.79 Å². The van der Waals surface area contributed by atoms with Crippen LogP contribution in [0, 0.1) is 0 Å². The van der Waals surface area contributed by atoms with E-state index in [1.807, 2.05) is 36.6 Å². The summed E-state index contributed by atoms with van der Waals surface area (Å²) in [5.74, 6) is 1.28. The average Bonchev–Trinajstić information content (AvgIpc) is 2.54. The molecule has 3 N–H and O–H groups in total. The van der Waals surface area contributed by atoms with E-state index in [2.05, 4.69) is 15.3 Å². The molecule has 1 atom stereocenters. The minimum Gasteiger partial charge on any atom is -0.322 e. The van der Waals surface area contributed by atoms with E-state index in [-0.39, 0.29) is 5.91 Å². The molecule has 1 aromatic carbocycles. The maximum atomic E-state index is 11.9. The van der Waals surface area contributed by atoms with Gasteiger partial charge in [-0.3, -0.25) is 4.79 Å². The van der Waals surface area contributed by atoms with Crippen LogP contribution >= 0.6 is 11.8 Å². The Morgan fingerprint density at radius 2 is 1.95 bits per heavy atom. The number of carbonyl (C=O) groups is 1. The van der Waals surface area contributed by atoms with Crippen LogP contribution in [0.25, 0.3) is 11.4 Å². The maximum Gasteiger partial charge on any atom is 0.241 e. The molecule has 0 saturated heterocycles. The molecule has 110 valence electrons. The van der Waals surface area contributed by atoms with E-state index in [9.17, 15) is 4.79 Å². The average molecular weight is 302 g/mol. The fourth-order valence-electron chi connectivity index (χ4n) is 1.74. The monoisotopic (exact) mass is 302 g/mol. The van der Waals surface area contributed by atoms with Crippen LogP contribution in [-0.4, -0.2) is 33.9 Å². The summed E-state index contributed by atoms with van der Waals surface area (Å²) in [6.45, 7) is 0. The van der Waals surface area contributed by atoms with Crippen molar-refractivity contribution in [1.29, 1.82) is 0 Å². The molecule has 0 aliphatic rings. The van der Waals surface area contributed by atoms with Crippen LogP contribution in [0.4, 0.5) is 5.69 Å². The van der Waals surface area contributed by atoms with E-state index < -0.39 is 6.04 Å². The lowest BCUT2D eigenvalue weighted by molar-refractivity contribution is -0.117. The molecule has 2 aromatic rings. The molecule has 21 heavy (non-hydrogen) atoms. The zero-order valence-corrected chi connectivity index (χ0v) is 12.6. The quantitative estimate of drug-likeness (QED) is 0.854. The molecule has 0 unspecified atom stereocenters. The van der Waals surface area contributed by atoms with E-state index in [0.717, 1.165) is 11.3 Å². The fourth-order valence-corrected chi connectivity index (χ4v) is 2.23. The largest absolute Gasteiger partial charge is 0.322 e. The number of benzene rings is 1. The molecule has 0 fully saturated rings. The summed E-state index contributed by atoms with van der Waals surface area (Å²) in [6.07, 6.45) is 5.82. The minimum absolute atomic E-state index is 0.208. The highest BCUT2D eigenvalue weighted by atomic mass is 32.2. The van der Waals surface area contributed by atoms with Gasteiger partial charge in [-0.05, 0) is 18.4 Å². The van der Waals surface area contributed by atoms with Gasteiger partial charge in [0, 0.05) is 5.56 Å². The Bertz CT molecular complexity index is 574. The molecule has 0 aliphatic heterocycles. The Hall–Kier alpha value is -1.92. The summed E-state index contributed by atoms with van der Waals surface area (Å²) >= 11 is 1.67. The molecule has 0 spiro atoms. The van der Waals surface area contributed by atoms with Gasteiger partial charge in [-0.1, -0.05) is 30.3 Å². The van der Waals surface area contributed by atoms with Crippen molar-refractivity contribution < 1.29 is 4.79 Å². The lowest BCUT2D eigenvalue weighted by Crippen LogP contribution is -2.36. The first kappa shape index (κ1) is 15.5. The van der Waals surface area contributed by atoms with Crippen LogP contribution in [0.15, 0.2) is 42.7 Å². The van der Waals surface area contributed by atoms with Gasteiger partial charge in [-0.2, -0.15) is 11.8 Å². The van der Waals surface area contributed by atoms with Gasteiger partial charge in [0.1, 0.15) is 0 Å². The number of rotatable bonds is 6. The van der Waals surface area contributed by atoms with E-state index in [0.29, 0.717) is 17.9 Å². The summed E-state index contributed by atoms with van der Waals surface area (Å²) < 4.78 is 0. The summed E-state index contributed by atoms with van der Waals surface area (Å²) in [7, 11) is 0. The summed E-state index contributed by atoms with van der Waals surface area (Å²) in [5.41, 5.74) is 7.30. The fraction of sp³-hybridized carbons (Fsp3) is 0.267. The van der Waals surface area contributed by atoms with Gasteiger partial charge >= 0.3 is 0 Å². The van der Waals surface area contributed by atoms with Crippen LogP contribution in [0.1, 0.15) is 6.42 Å². The molecular formula is C15H18N4OS. The van der Waals surface area contributed by atoms with Gasteiger partial charge in [0.15, 0.2) is 5.82 Å². The highest BCUT2D eigenvalue weighted by molar-refractivity contribution is 7.98. The zero-order chi connectivity index (χ0) is 15.1. The Balaban J connectivity index is 1.98. The topological polar surface area (TPSA) is 80.9 Å². The molecule has 0 radical (unpaired) electrons. The van der Waals surface area contributed by atoms with Crippen LogP contribution < -0.4 is 11.1 Å². The highest BCUT2D eigenvalue weighted by Crippen LogP contribution is 2.14. The van der Waals surface area contributed by atoms with Gasteiger partial charge in [0.25, 0.3) is 0 Å². The van der Waals surface area contributed by atoms with Crippen molar-refractivity contribution in [2.24, 2.45) is 5.73 Å². The standard InChI is InChI=1S/C15H18N4OS/c1-21-8-7-13(16)15(20)19-12-9-17-14(18-10-12)11-5-3-2-4-6-11/h2-6,9-10,13H,7-8,16H2,1H3,(H,19,20)/t13-/m1/s1. The molecule has 1 aromatic heterocycles. The number of amides is 1. The molecule has 0 aliphatic carbocycles. The van der Waals surface area contributed by atoms with E-state index in [4.69, 9.17) is 5.73 Å². The Morgan fingerprint density at radius 1 is 1.29 bits per heavy atom. The van der Waals surface area contributed by atoms with Crippen LogP contribution in [0.5, 0.6) is 0 Å². The molecule has 0 bridgehead atoms. The van der Waals surface area contributed by atoms with Gasteiger partial charge in [-0.15, -0.1) is 0 Å². The van der Waals surface area contributed by atoms with Gasteiger partial charge in [0.2, 0.25) is 5.91 Å². The smallest absolute Gasteiger partial charge is 0.241 e. The number of carbonyl (C=O) groups excluding carboxylic acids is 1. The van der Waals surface area contributed by atoms with Crippen molar-refractivity contribution in [1.82, 2.24) is 9.97 Å². The number of nitrogens with two attached hydrogens (primary N) is 1. The first-order chi connectivity index (χ1) is 10.2. The first-order valence-corrected chi connectivity index (χ1v) is 8.03. The summed E-state index contributed by atoms with van der Waals surface area (Å²) in [6, 6.07) is 9.16. The predicted molar refractivity (Wildman–Crippen MR) is 87.1 cm³/mol. The summed E-state index contributed by atoms with van der Waals surface area (Å²) in [4.78, 5) is 20.4. The molecule has 6 heteroatoms. The third-order valence-corrected chi connectivity index (χ3v) is 3.57. The normalized spacial score (nSPS) is 11.9. The number of nitrogens with zero attached hydrogens (tertiary/aromatic N) is 2. The number of hydrogen-bond acceptors (Lipinski definition) is 5. The molecule has 5 nitrogen and oxygen atoms in total. The van der Waals surface area contributed by atoms with Crippen molar-refractivity contribution in [3.8, 4) is 11.4 Å². The molecule has 0 saturated carbocycles. The number of hydrogen-bond donors (Lipinski definition) is 2. The lowest BCUT2D eigenvalue weighted by Gasteiger charge is -2.11. The summed E-state index contributed by atoms with van der Waals surface area (Å²) in [5, 5.41) is 2.73. The van der Waals surface area contributed by atoms with E-state index >= 15 is 0 Å². The zero-order valence-electron chi connectivity index (χ0n) is 11.8. The van der Waals surface area contributed by atoms with Crippen molar-refractivity contribution in [3.05, 3.63) is 42.7 Å². The van der Waals surface area contributed by atoms with Gasteiger partial charge in [-0.25, -0.2) is 9.97 Å². The third kappa shape index (κ3) is 4.54. The second kappa shape index (κ2) is 7.75. The van der Waals surface area contributed by atoms with Crippen molar-refractivity contribution in [2.45, 2.75) is 12.5 Å². The highest BCUT2D eigenvalue weighted by Gasteiger charge is 2.13. The van der Waals surface area contributed by atoms with E-state index in [1.54, 1.807) is 24.2 Å². The maximum absolute atomic E-state index is 11.9. The minimum atomic E-state index is -0.508. The van der Waals surface area contributed by atoms with Crippen molar-refractivity contribution in [2.75, 3.05) is 17.3 Å². The van der Waals surface area contributed by atoms with Crippen molar-refractivity contribution >= 4 is 23.4 Å². The third-order valence-electron chi connectivity index (χ3n) is 2.92. The van der Waals surface area contributed by atoms with Crippen molar-refractivity contribution in [3.63, 3.8) is 0 Å². The van der Waals surface area contributed by atoms with E-state index in [1.165, 1.54) is 0 Å². The molecule has 2 rings (SSSR count).